The lowest BCUT2D eigenvalue weighted by Crippen LogP contribution is -2.45. The van der Waals surface area contributed by atoms with E-state index >= 15 is 0 Å². The van der Waals surface area contributed by atoms with Crippen molar-refractivity contribution in [1.29, 1.82) is 0 Å². The summed E-state index contributed by atoms with van der Waals surface area (Å²) >= 11 is 5.86. The summed E-state index contributed by atoms with van der Waals surface area (Å²) in [5, 5.41) is 5.33. The predicted molar refractivity (Wildman–Crippen MR) is 99.6 cm³/mol. The molecule has 3 aromatic carbocycles. The first kappa shape index (κ1) is 17.0. The maximum atomic E-state index is 12.5. The number of nitrogens with one attached hydrogen (secondary N) is 1. The molecule has 25 heavy (non-hydrogen) atoms. The van der Waals surface area contributed by atoms with E-state index in [0.29, 0.717) is 17.0 Å². The number of hydrogen-bond acceptors (Lipinski definition) is 2. The summed E-state index contributed by atoms with van der Waals surface area (Å²) in [7, 11) is 0. The number of carbonyl (C=O) groups excluding carboxylic acids is 2. The summed E-state index contributed by atoms with van der Waals surface area (Å²) in [6, 6.07) is 19.5. The quantitative estimate of drug-likeness (QED) is 0.739. The molecule has 1 atom stereocenters. The molecule has 0 aliphatic rings. The van der Waals surface area contributed by atoms with Gasteiger partial charge in [0.15, 0.2) is 0 Å². The zero-order chi connectivity index (χ0) is 17.8. The van der Waals surface area contributed by atoms with E-state index in [-0.39, 0.29) is 5.91 Å². The Morgan fingerprint density at radius 2 is 1.64 bits per heavy atom. The van der Waals surface area contributed by atoms with Gasteiger partial charge in [0, 0.05) is 17.0 Å². The largest absolute Gasteiger partial charge is 0.368 e. The van der Waals surface area contributed by atoms with Crippen molar-refractivity contribution in [2.75, 3.05) is 0 Å². The van der Waals surface area contributed by atoms with Crippen molar-refractivity contribution in [3.63, 3.8) is 0 Å². The van der Waals surface area contributed by atoms with Gasteiger partial charge in [0.05, 0.1) is 0 Å². The molecule has 0 saturated heterocycles. The highest BCUT2D eigenvalue weighted by Gasteiger charge is 2.19. The van der Waals surface area contributed by atoms with Crippen LogP contribution in [0.3, 0.4) is 0 Å². The van der Waals surface area contributed by atoms with Crippen LogP contribution < -0.4 is 11.1 Å². The zero-order valence-corrected chi connectivity index (χ0v) is 14.2. The molecule has 0 bridgehead atoms. The van der Waals surface area contributed by atoms with E-state index in [1.807, 2.05) is 30.3 Å². The van der Waals surface area contributed by atoms with E-state index < -0.39 is 11.9 Å². The molecular weight excluding hydrogens is 336 g/mol. The Morgan fingerprint density at radius 1 is 0.960 bits per heavy atom. The predicted octanol–water partition coefficient (Wildman–Crippen LogP) is 3.32. The van der Waals surface area contributed by atoms with Gasteiger partial charge in [-0.05, 0) is 40.6 Å². The van der Waals surface area contributed by atoms with Gasteiger partial charge in [-0.3, -0.25) is 9.59 Å². The molecule has 4 nitrogen and oxygen atoms in total. The third kappa shape index (κ3) is 4.17. The Labute approximate surface area is 150 Å². The number of rotatable bonds is 5. The zero-order valence-electron chi connectivity index (χ0n) is 13.4. The summed E-state index contributed by atoms with van der Waals surface area (Å²) in [4.78, 5) is 24.2. The number of benzene rings is 3. The van der Waals surface area contributed by atoms with E-state index in [9.17, 15) is 9.59 Å². The number of amides is 2. The number of hydrogen-bond donors (Lipinski definition) is 2. The van der Waals surface area contributed by atoms with Crippen LogP contribution in [0.1, 0.15) is 15.9 Å². The minimum absolute atomic E-state index is 0.311. The molecule has 0 aromatic heterocycles. The van der Waals surface area contributed by atoms with Gasteiger partial charge in [0.25, 0.3) is 5.91 Å². The molecule has 0 aliphatic heterocycles. The van der Waals surface area contributed by atoms with E-state index in [0.717, 1.165) is 16.3 Å². The number of primary amides is 1. The lowest BCUT2D eigenvalue weighted by molar-refractivity contribution is -0.119. The third-order valence-corrected chi connectivity index (χ3v) is 4.27. The summed E-state index contributed by atoms with van der Waals surface area (Å²) in [5.41, 5.74) is 6.81. The van der Waals surface area contributed by atoms with Crippen LogP contribution in [0, 0.1) is 0 Å². The van der Waals surface area contributed by atoms with Crippen LogP contribution in [0.25, 0.3) is 10.8 Å². The minimum Gasteiger partial charge on any atom is -0.368 e. The molecule has 0 spiro atoms. The van der Waals surface area contributed by atoms with Crippen LogP contribution in [0.4, 0.5) is 0 Å². The number of carbonyl (C=O) groups is 2. The monoisotopic (exact) mass is 352 g/mol. The van der Waals surface area contributed by atoms with Gasteiger partial charge < -0.3 is 11.1 Å². The van der Waals surface area contributed by atoms with Crippen molar-refractivity contribution in [2.24, 2.45) is 5.73 Å². The smallest absolute Gasteiger partial charge is 0.251 e. The second-order valence-corrected chi connectivity index (χ2v) is 6.26. The molecule has 3 N–H and O–H groups in total. The van der Waals surface area contributed by atoms with E-state index in [2.05, 4.69) is 5.32 Å². The summed E-state index contributed by atoms with van der Waals surface area (Å²) in [6.45, 7) is 0. The normalized spacial score (nSPS) is 11.9. The topological polar surface area (TPSA) is 72.2 Å². The minimum atomic E-state index is -0.792. The van der Waals surface area contributed by atoms with Crippen molar-refractivity contribution in [3.8, 4) is 0 Å². The second-order valence-electron chi connectivity index (χ2n) is 5.82. The lowest BCUT2D eigenvalue weighted by atomic mass is 10.0. The third-order valence-electron chi connectivity index (χ3n) is 4.01. The summed E-state index contributed by atoms with van der Waals surface area (Å²) in [5.74, 6) is -0.910. The highest BCUT2D eigenvalue weighted by atomic mass is 35.5. The molecule has 0 saturated carbocycles. The number of nitrogens with two attached hydrogens (primary N) is 1. The molecule has 0 heterocycles. The van der Waals surface area contributed by atoms with E-state index in [1.54, 1.807) is 36.4 Å². The Hall–Kier alpha value is -2.85. The summed E-state index contributed by atoms with van der Waals surface area (Å²) < 4.78 is 0. The molecule has 3 aromatic rings. The lowest BCUT2D eigenvalue weighted by Gasteiger charge is -2.16. The van der Waals surface area contributed by atoms with Crippen LogP contribution >= 0.6 is 11.6 Å². The van der Waals surface area contributed by atoms with E-state index in [1.165, 1.54) is 0 Å². The molecule has 2 amide bonds. The van der Waals surface area contributed by atoms with Gasteiger partial charge in [-0.15, -0.1) is 0 Å². The molecule has 126 valence electrons. The van der Waals surface area contributed by atoms with Gasteiger partial charge in [0.1, 0.15) is 6.04 Å². The molecule has 5 heteroatoms. The van der Waals surface area contributed by atoms with Crippen LogP contribution in [0.15, 0.2) is 66.7 Å². The van der Waals surface area contributed by atoms with Crippen molar-refractivity contribution in [2.45, 2.75) is 12.5 Å². The number of halogens is 1. The second kappa shape index (κ2) is 7.36. The van der Waals surface area contributed by atoms with Crippen molar-refractivity contribution in [3.05, 3.63) is 82.9 Å². The van der Waals surface area contributed by atoms with Crippen LogP contribution in [-0.2, 0) is 11.2 Å². The SMILES string of the molecule is NC(=O)[C@H](Cc1ccc(Cl)cc1)NC(=O)c1ccc2ccccc2c1. The molecule has 0 aliphatic carbocycles. The maximum absolute atomic E-state index is 12.5. The molecular formula is C20H17ClN2O2. The van der Waals surface area contributed by atoms with Crippen LogP contribution in [0.5, 0.6) is 0 Å². The highest BCUT2D eigenvalue weighted by Crippen LogP contribution is 2.16. The summed E-state index contributed by atoms with van der Waals surface area (Å²) in [6.07, 6.45) is 0.311. The first-order valence-corrected chi connectivity index (χ1v) is 8.24. The standard InChI is InChI=1S/C20H17ClN2O2/c21-17-9-5-13(6-10-17)11-18(19(22)24)23-20(25)16-8-7-14-3-1-2-4-15(14)12-16/h1-10,12,18H,11H2,(H2,22,24)(H,23,25)/t18-/m0/s1. The first-order valence-electron chi connectivity index (χ1n) is 7.86. The van der Waals surface area contributed by atoms with Crippen molar-refractivity contribution in [1.82, 2.24) is 5.32 Å². The van der Waals surface area contributed by atoms with E-state index in [4.69, 9.17) is 17.3 Å². The highest BCUT2D eigenvalue weighted by molar-refractivity contribution is 6.30. The Bertz CT molecular complexity index is 922. The fraction of sp³-hybridized carbons (Fsp3) is 0.100. The Morgan fingerprint density at radius 3 is 2.32 bits per heavy atom. The fourth-order valence-corrected chi connectivity index (χ4v) is 2.78. The molecule has 0 fully saturated rings. The van der Waals surface area contributed by atoms with Crippen LogP contribution in [-0.4, -0.2) is 17.9 Å². The number of fused-ring (bicyclic) bond motifs is 1. The van der Waals surface area contributed by atoms with Crippen LogP contribution in [0.2, 0.25) is 5.02 Å². The van der Waals surface area contributed by atoms with Crippen molar-refractivity contribution >= 4 is 34.2 Å². The molecule has 0 radical (unpaired) electrons. The molecule has 3 rings (SSSR count). The Balaban J connectivity index is 1.77. The van der Waals surface area contributed by atoms with Gasteiger partial charge >= 0.3 is 0 Å². The first-order chi connectivity index (χ1) is 12.0. The van der Waals surface area contributed by atoms with Gasteiger partial charge in [-0.25, -0.2) is 0 Å². The van der Waals surface area contributed by atoms with Crippen molar-refractivity contribution < 1.29 is 9.59 Å². The van der Waals surface area contributed by atoms with Gasteiger partial charge in [0.2, 0.25) is 5.91 Å². The fourth-order valence-electron chi connectivity index (χ4n) is 2.65. The molecule has 0 unspecified atom stereocenters. The average molecular weight is 353 g/mol. The van der Waals surface area contributed by atoms with Gasteiger partial charge in [-0.2, -0.15) is 0 Å². The maximum Gasteiger partial charge on any atom is 0.251 e. The average Bonchev–Trinajstić information content (AvgIpc) is 2.62. The van der Waals surface area contributed by atoms with Gasteiger partial charge in [-0.1, -0.05) is 54.1 Å². The Kier molecular flexibility index (Phi) is 5.00.